The Hall–Kier alpha value is -3.37. The first-order chi connectivity index (χ1) is 13.2. The van der Waals surface area contributed by atoms with E-state index in [9.17, 15) is 9.90 Å². The maximum Gasteiger partial charge on any atom is 0.366 e. The van der Waals surface area contributed by atoms with Crippen molar-refractivity contribution in [2.24, 2.45) is 0 Å². The van der Waals surface area contributed by atoms with Crippen molar-refractivity contribution in [2.45, 2.75) is 6.42 Å². The molecule has 0 fully saturated rings. The molecular formula is C23H20NO3+. The van der Waals surface area contributed by atoms with E-state index in [1.165, 1.54) is 0 Å². The Morgan fingerprint density at radius 1 is 0.815 bits per heavy atom. The van der Waals surface area contributed by atoms with E-state index >= 15 is 0 Å². The van der Waals surface area contributed by atoms with Crippen LogP contribution < -0.4 is 10.5 Å². The van der Waals surface area contributed by atoms with Crippen LogP contribution in [-0.4, -0.2) is 17.6 Å². The van der Waals surface area contributed by atoms with E-state index in [4.69, 9.17) is 4.74 Å². The predicted molar refractivity (Wildman–Crippen MR) is 106 cm³/mol. The van der Waals surface area contributed by atoms with Crippen LogP contribution in [-0.2, 0) is 11.2 Å². The number of fused-ring (bicyclic) bond motifs is 2. The van der Waals surface area contributed by atoms with Crippen LogP contribution in [0.25, 0.3) is 21.5 Å². The quantitative estimate of drug-likeness (QED) is 0.433. The van der Waals surface area contributed by atoms with Gasteiger partial charge in [-0.15, -0.1) is 0 Å². The molecular weight excluding hydrogens is 338 g/mol. The van der Waals surface area contributed by atoms with Gasteiger partial charge in [0.15, 0.2) is 6.54 Å². The Balaban J connectivity index is 1.92. The predicted octanol–water partition coefficient (Wildman–Crippen LogP) is 3.44. The molecule has 4 heteroatoms. The number of ether oxygens (including phenoxy) is 1. The van der Waals surface area contributed by atoms with Gasteiger partial charge in [-0.3, -0.25) is 0 Å². The lowest BCUT2D eigenvalue weighted by Gasteiger charge is -2.15. The fourth-order valence-electron chi connectivity index (χ4n) is 3.45. The number of hydrogen-bond donors (Lipinski definition) is 2. The molecule has 0 heterocycles. The van der Waals surface area contributed by atoms with Crippen molar-refractivity contribution < 1.29 is 20.4 Å². The summed E-state index contributed by atoms with van der Waals surface area (Å²) in [6.07, 6.45) is 0.453. The molecule has 0 unspecified atom stereocenters. The van der Waals surface area contributed by atoms with E-state index in [1.54, 1.807) is 6.07 Å². The number of carbonyl (C=O) groups excluding carboxylic acids is 1. The van der Waals surface area contributed by atoms with Crippen LogP contribution >= 0.6 is 0 Å². The summed E-state index contributed by atoms with van der Waals surface area (Å²) in [6, 6.07) is 23.3. The van der Waals surface area contributed by atoms with Gasteiger partial charge in [-0.25, -0.2) is 4.79 Å². The zero-order valence-corrected chi connectivity index (χ0v) is 14.8. The van der Waals surface area contributed by atoms with Crippen molar-refractivity contribution in [3.8, 4) is 11.5 Å². The number of hydrogen-bond acceptors (Lipinski definition) is 3. The second-order valence-electron chi connectivity index (χ2n) is 6.45. The number of benzene rings is 4. The molecule has 0 aliphatic rings. The van der Waals surface area contributed by atoms with Gasteiger partial charge < -0.3 is 15.6 Å². The normalized spacial score (nSPS) is 11.0. The number of carbonyl (C=O) groups is 1. The van der Waals surface area contributed by atoms with E-state index in [0.717, 1.165) is 32.7 Å². The van der Waals surface area contributed by atoms with Gasteiger partial charge >= 0.3 is 5.97 Å². The number of rotatable bonds is 4. The highest BCUT2D eigenvalue weighted by atomic mass is 16.5. The molecule has 0 aliphatic heterocycles. The van der Waals surface area contributed by atoms with E-state index in [0.29, 0.717) is 12.2 Å². The second-order valence-corrected chi connectivity index (χ2v) is 6.45. The summed E-state index contributed by atoms with van der Waals surface area (Å²) in [5.41, 5.74) is 5.29. The summed E-state index contributed by atoms with van der Waals surface area (Å²) in [4.78, 5) is 11.9. The fraction of sp³-hybridized carbons (Fsp3) is 0.0870. The van der Waals surface area contributed by atoms with Gasteiger partial charge in [0.1, 0.15) is 11.5 Å². The average molecular weight is 358 g/mol. The van der Waals surface area contributed by atoms with Crippen molar-refractivity contribution in [1.29, 1.82) is 0 Å². The number of phenols is 1. The summed E-state index contributed by atoms with van der Waals surface area (Å²) in [7, 11) is 0. The van der Waals surface area contributed by atoms with E-state index in [1.807, 2.05) is 66.7 Å². The minimum atomic E-state index is -0.381. The van der Waals surface area contributed by atoms with E-state index < -0.39 is 0 Å². The van der Waals surface area contributed by atoms with Crippen LogP contribution in [0.5, 0.6) is 11.5 Å². The van der Waals surface area contributed by atoms with Crippen molar-refractivity contribution in [2.75, 3.05) is 6.54 Å². The van der Waals surface area contributed by atoms with Crippen LogP contribution in [0.3, 0.4) is 0 Å². The molecule has 0 atom stereocenters. The summed E-state index contributed by atoms with van der Waals surface area (Å²) in [5.74, 6) is 0.361. The number of aromatic hydroxyl groups is 1. The second kappa shape index (κ2) is 7.09. The van der Waals surface area contributed by atoms with Crippen LogP contribution in [0.15, 0.2) is 72.8 Å². The zero-order valence-electron chi connectivity index (χ0n) is 14.8. The van der Waals surface area contributed by atoms with Crippen LogP contribution in [0.4, 0.5) is 0 Å². The third kappa shape index (κ3) is 3.23. The minimum Gasteiger partial charge on any atom is -0.508 e. The Morgan fingerprint density at radius 3 is 2.07 bits per heavy atom. The first-order valence-corrected chi connectivity index (χ1v) is 8.87. The maximum absolute atomic E-state index is 11.9. The Morgan fingerprint density at radius 2 is 1.41 bits per heavy atom. The highest BCUT2D eigenvalue weighted by molar-refractivity contribution is 5.92. The fourth-order valence-corrected chi connectivity index (χ4v) is 3.45. The summed E-state index contributed by atoms with van der Waals surface area (Å²) in [6.45, 7) is 0.0613. The molecule has 4 aromatic carbocycles. The smallest absolute Gasteiger partial charge is 0.366 e. The zero-order chi connectivity index (χ0) is 18.8. The molecule has 4 N–H and O–H groups in total. The Labute approximate surface area is 156 Å². The molecule has 27 heavy (non-hydrogen) atoms. The maximum atomic E-state index is 11.9. The van der Waals surface area contributed by atoms with Crippen molar-refractivity contribution in [3.63, 3.8) is 0 Å². The van der Waals surface area contributed by atoms with E-state index in [-0.39, 0.29) is 18.3 Å². The Kier molecular flexibility index (Phi) is 4.48. The summed E-state index contributed by atoms with van der Waals surface area (Å²) in [5, 5.41) is 14.6. The lowest BCUT2D eigenvalue weighted by molar-refractivity contribution is -0.358. The van der Waals surface area contributed by atoms with Gasteiger partial charge in [-0.05, 0) is 33.7 Å². The topological polar surface area (TPSA) is 74.2 Å². The van der Waals surface area contributed by atoms with Gasteiger partial charge in [0.05, 0.1) is 0 Å². The van der Waals surface area contributed by atoms with Crippen LogP contribution in [0.2, 0.25) is 0 Å². The standard InChI is InChI=1S/C23H19NO3/c24-14-23(26)27-22-12-10-16-6-2-4-8-18(16)20(22)13-19-17-7-3-1-5-15(17)9-11-21(19)25/h1-12,25H,13-14,24H2/p+1. The van der Waals surface area contributed by atoms with E-state index in [2.05, 4.69) is 5.73 Å². The molecule has 0 bridgehead atoms. The van der Waals surface area contributed by atoms with Crippen molar-refractivity contribution in [3.05, 3.63) is 83.9 Å². The highest BCUT2D eigenvalue weighted by Gasteiger charge is 2.16. The average Bonchev–Trinajstić information content (AvgIpc) is 2.71. The molecule has 0 aromatic heterocycles. The van der Waals surface area contributed by atoms with Crippen LogP contribution in [0, 0.1) is 0 Å². The third-order valence-electron chi connectivity index (χ3n) is 4.79. The minimum absolute atomic E-state index is 0.0613. The number of quaternary nitrogens is 1. The van der Waals surface area contributed by atoms with Gasteiger partial charge in [0, 0.05) is 17.5 Å². The first-order valence-electron chi connectivity index (χ1n) is 8.87. The molecule has 0 aliphatic carbocycles. The van der Waals surface area contributed by atoms with Crippen molar-refractivity contribution in [1.82, 2.24) is 0 Å². The van der Waals surface area contributed by atoms with Crippen molar-refractivity contribution >= 4 is 27.5 Å². The SMILES string of the molecule is [NH3+]CC(=O)Oc1ccc2ccccc2c1Cc1c(O)ccc2ccccc12. The Bertz CT molecular complexity index is 1150. The van der Waals surface area contributed by atoms with Gasteiger partial charge in [0.2, 0.25) is 0 Å². The summed E-state index contributed by atoms with van der Waals surface area (Å²) < 4.78 is 5.54. The highest BCUT2D eigenvalue weighted by Crippen LogP contribution is 2.35. The summed E-state index contributed by atoms with van der Waals surface area (Å²) >= 11 is 0. The van der Waals surface area contributed by atoms with Gasteiger partial charge in [0.25, 0.3) is 0 Å². The molecule has 0 amide bonds. The molecule has 0 spiro atoms. The van der Waals surface area contributed by atoms with Gasteiger partial charge in [-0.1, -0.05) is 60.7 Å². The number of esters is 1. The van der Waals surface area contributed by atoms with Gasteiger partial charge in [-0.2, -0.15) is 0 Å². The first kappa shape index (κ1) is 17.1. The molecule has 0 saturated heterocycles. The molecule has 4 rings (SSSR count). The largest absolute Gasteiger partial charge is 0.508 e. The molecule has 0 radical (unpaired) electrons. The molecule has 4 nitrogen and oxygen atoms in total. The van der Waals surface area contributed by atoms with Crippen LogP contribution in [0.1, 0.15) is 11.1 Å². The molecule has 4 aromatic rings. The third-order valence-corrected chi connectivity index (χ3v) is 4.79. The molecule has 134 valence electrons. The lowest BCUT2D eigenvalue weighted by Crippen LogP contribution is -2.55. The monoisotopic (exact) mass is 358 g/mol. The lowest BCUT2D eigenvalue weighted by atomic mass is 9.93. The number of phenolic OH excluding ortho intramolecular Hbond substituents is 1. The molecule has 0 saturated carbocycles.